The van der Waals surface area contributed by atoms with Crippen LogP contribution in [0.3, 0.4) is 0 Å². The molecule has 1 rings (SSSR count). The molecule has 0 atom stereocenters. The molecule has 112 valence electrons. The minimum absolute atomic E-state index is 0.0200. The van der Waals surface area contributed by atoms with Crippen LogP contribution in [0, 0.1) is 0 Å². The van der Waals surface area contributed by atoms with Gasteiger partial charge in [-0.3, -0.25) is 4.79 Å². The first-order valence-electron chi connectivity index (χ1n) is 6.70. The van der Waals surface area contributed by atoms with Gasteiger partial charge in [0.25, 0.3) is 0 Å². The highest BCUT2D eigenvalue weighted by Gasteiger charge is 2.19. The van der Waals surface area contributed by atoms with E-state index in [9.17, 15) is 13.2 Å². The van der Waals surface area contributed by atoms with Gasteiger partial charge in [-0.2, -0.15) is 0 Å². The Morgan fingerprint density at radius 1 is 1.20 bits per heavy atom. The van der Waals surface area contributed by atoms with Crippen LogP contribution in [0.1, 0.15) is 12.5 Å². The molecule has 20 heavy (non-hydrogen) atoms. The SMILES string of the molecule is CCS(=O)(=O)CC(=O)N(CCN)CCc1ccccc1. The Hall–Kier alpha value is -1.40. The molecule has 0 fully saturated rings. The second-order valence-corrected chi connectivity index (χ2v) is 6.93. The Kier molecular flexibility index (Phi) is 6.67. The lowest BCUT2D eigenvalue weighted by molar-refractivity contribution is -0.128. The van der Waals surface area contributed by atoms with Gasteiger partial charge in [0.05, 0.1) is 0 Å². The number of carbonyl (C=O) groups is 1. The quantitative estimate of drug-likeness (QED) is 0.755. The molecule has 0 heterocycles. The second kappa shape index (κ2) is 8.01. The summed E-state index contributed by atoms with van der Waals surface area (Å²) in [4.78, 5) is 13.5. The van der Waals surface area contributed by atoms with Crippen molar-refractivity contribution in [3.63, 3.8) is 0 Å². The molecule has 1 aromatic rings. The highest BCUT2D eigenvalue weighted by Crippen LogP contribution is 2.03. The molecule has 0 saturated carbocycles. The van der Waals surface area contributed by atoms with E-state index in [0.717, 1.165) is 5.56 Å². The number of rotatable bonds is 8. The van der Waals surface area contributed by atoms with Gasteiger partial charge in [0.15, 0.2) is 9.84 Å². The van der Waals surface area contributed by atoms with Crippen molar-refractivity contribution >= 4 is 15.7 Å². The predicted octanol–water partition coefficient (Wildman–Crippen LogP) is 0.451. The summed E-state index contributed by atoms with van der Waals surface area (Å²) in [5.74, 6) is -0.820. The first-order valence-corrected chi connectivity index (χ1v) is 8.53. The molecule has 1 amide bonds. The number of nitrogens with zero attached hydrogens (tertiary/aromatic N) is 1. The zero-order valence-corrected chi connectivity index (χ0v) is 12.6. The summed E-state index contributed by atoms with van der Waals surface area (Å²) in [7, 11) is -3.30. The average molecular weight is 298 g/mol. The molecule has 1 aromatic carbocycles. The van der Waals surface area contributed by atoms with Crippen molar-refractivity contribution in [1.82, 2.24) is 4.90 Å². The lowest BCUT2D eigenvalue weighted by Crippen LogP contribution is -2.40. The minimum atomic E-state index is -3.30. The summed E-state index contributed by atoms with van der Waals surface area (Å²) >= 11 is 0. The number of nitrogens with two attached hydrogens (primary N) is 1. The van der Waals surface area contributed by atoms with E-state index >= 15 is 0 Å². The monoisotopic (exact) mass is 298 g/mol. The average Bonchev–Trinajstić information content (AvgIpc) is 2.44. The van der Waals surface area contributed by atoms with E-state index in [4.69, 9.17) is 5.73 Å². The van der Waals surface area contributed by atoms with E-state index in [1.165, 1.54) is 4.90 Å². The molecular weight excluding hydrogens is 276 g/mol. The summed E-state index contributed by atoms with van der Waals surface area (Å²) < 4.78 is 23.0. The summed E-state index contributed by atoms with van der Waals surface area (Å²) in [5, 5.41) is 0. The molecule has 0 saturated heterocycles. The van der Waals surface area contributed by atoms with Crippen molar-refractivity contribution in [3.8, 4) is 0 Å². The minimum Gasteiger partial charge on any atom is -0.340 e. The molecule has 0 radical (unpaired) electrons. The van der Waals surface area contributed by atoms with E-state index in [0.29, 0.717) is 26.1 Å². The highest BCUT2D eigenvalue weighted by atomic mass is 32.2. The van der Waals surface area contributed by atoms with Crippen molar-refractivity contribution in [2.24, 2.45) is 5.73 Å². The van der Waals surface area contributed by atoms with Crippen LogP contribution in [0.5, 0.6) is 0 Å². The fourth-order valence-electron chi connectivity index (χ4n) is 1.81. The van der Waals surface area contributed by atoms with Crippen LogP contribution in [0.15, 0.2) is 30.3 Å². The van der Waals surface area contributed by atoms with Crippen LogP contribution in [0.25, 0.3) is 0 Å². The molecule has 0 aliphatic rings. The molecule has 0 aliphatic heterocycles. The second-order valence-electron chi connectivity index (χ2n) is 4.58. The smallest absolute Gasteiger partial charge is 0.237 e. The Labute approximate surface area is 120 Å². The van der Waals surface area contributed by atoms with Crippen LogP contribution < -0.4 is 5.73 Å². The Morgan fingerprint density at radius 2 is 1.85 bits per heavy atom. The maximum atomic E-state index is 12.0. The van der Waals surface area contributed by atoms with E-state index < -0.39 is 15.6 Å². The van der Waals surface area contributed by atoms with Crippen LogP contribution in [0.2, 0.25) is 0 Å². The van der Waals surface area contributed by atoms with Gasteiger partial charge in [-0.05, 0) is 12.0 Å². The van der Waals surface area contributed by atoms with Gasteiger partial charge in [-0.25, -0.2) is 8.42 Å². The van der Waals surface area contributed by atoms with Crippen LogP contribution >= 0.6 is 0 Å². The molecule has 0 aliphatic carbocycles. The third kappa shape index (κ3) is 5.71. The van der Waals surface area contributed by atoms with E-state index in [1.54, 1.807) is 6.92 Å². The standard InChI is InChI=1S/C14H22N2O3S/c1-2-20(18,19)12-14(17)16(11-9-15)10-8-13-6-4-3-5-7-13/h3-7H,2,8-12,15H2,1H3. The van der Waals surface area contributed by atoms with Gasteiger partial charge in [0.1, 0.15) is 5.75 Å². The number of carbonyl (C=O) groups excluding carboxylic acids is 1. The molecule has 0 bridgehead atoms. The molecule has 0 spiro atoms. The maximum Gasteiger partial charge on any atom is 0.237 e. The Balaban J connectivity index is 2.62. The van der Waals surface area contributed by atoms with E-state index in [-0.39, 0.29) is 11.7 Å². The first kappa shape index (κ1) is 16.7. The summed E-state index contributed by atoms with van der Waals surface area (Å²) in [6, 6.07) is 9.76. The Bertz CT molecular complexity index is 514. The fraction of sp³-hybridized carbons (Fsp3) is 0.500. The zero-order valence-electron chi connectivity index (χ0n) is 11.8. The first-order chi connectivity index (χ1) is 9.48. The molecule has 0 aromatic heterocycles. The number of sulfone groups is 1. The molecule has 5 nitrogen and oxygen atoms in total. The lowest BCUT2D eigenvalue weighted by Gasteiger charge is -2.22. The van der Waals surface area contributed by atoms with Crippen molar-refractivity contribution in [2.75, 3.05) is 31.1 Å². The van der Waals surface area contributed by atoms with E-state index in [2.05, 4.69) is 0 Å². The van der Waals surface area contributed by atoms with Crippen molar-refractivity contribution < 1.29 is 13.2 Å². The predicted molar refractivity (Wildman–Crippen MR) is 80.1 cm³/mol. The van der Waals surface area contributed by atoms with Gasteiger partial charge >= 0.3 is 0 Å². The number of amides is 1. The van der Waals surface area contributed by atoms with Crippen molar-refractivity contribution in [3.05, 3.63) is 35.9 Å². The number of hydrogen-bond donors (Lipinski definition) is 1. The maximum absolute atomic E-state index is 12.0. The molecule has 2 N–H and O–H groups in total. The van der Waals surface area contributed by atoms with Crippen LogP contribution in [-0.2, 0) is 21.1 Å². The highest BCUT2D eigenvalue weighted by molar-refractivity contribution is 7.92. The lowest BCUT2D eigenvalue weighted by atomic mass is 10.1. The van der Waals surface area contributed by atoms with E-state index in [1.807, 2.05) is 30.3 Å². The molecule has 0 unspecified atom stereocenters. The van der Waals surface area contributed by atoms with Gasteiger partial charge < -0.3 is 10.6 Å². The van der Waals surface area contributed by atoms with Crippen LogP contribution in [0.4, 0.5) is 0 Å². The fourth-order valence-corrected chi connectivity index (χ4v) is 2.57. The molecular formula is C14H22N2O3S. The zero-order chi connectivity index (χ0) is 15.0. The van der Waals surface area contributed by atoms with Crippen molar-refractivity contribution in [1.29, 1.82) is 0 Å². The number of hydrogen-bond acceptors (Lipinski definition) is 4. The Morgan fingerprint density at radius 3 is 2.40 bits per heavy atom. The van der Waals surface area contributed by atoms with Gasteiger partial charge in [0, 0.05) is 25.4 Å². The summed E-state index contributed by atoms with van der Waals surface area (Å²) in [6.07, 6.45) is 0.693. The van der Waals surface area contributed by atoms with Gasteiger partial charge in [-0.15, -0.1) is 0 Å². The third-order valence-electron chi connectivity index (χ3n) is 3.05. The normalized spacial score (nSPS) is 11.3. The topological polar surface area (TPSA) is 80.5 Å². The third-order valence-corrected chi connectivity index (χ3v) is 4.61. The molecule has 6 heteroatoms. The summed E-state index contributed by atoms with van der Waals surface area (Å²) in [5.41, 5.74) is 6.60. The largest absolute Gasteiger partial charge is 0.340 e. The van der Waals surface area contributed by atoms with Crippen LogP contribution in [-0.4, -0.2) is 50.4 Å². The number of benzene rings is 1. The van der Waals surface area contributed by atoms with Crippen molar-refractivity contribution in [2.45, 2.75) is 13.3 Å². The van der Waals surface area contributed by atoms with Gasteiger partial charge in [0.2, 0.25) is 5.91 Å². The van der Waals surface area contributed by atoms with Gasteiger partial charge in [-0.1, -0.05) is 37.3 Å². The summed E-state index contributed by atoms with van der Waals surface area (Å²) in [6.45, 7) is 2.73.